The Bertz CT molecular complexity index is 753. The van der Waals surface area contributed by atoms with Gasteiger partial charge in [0.05, 0.1) is 0 Å². The van der Waals surface area contributed by atoms with E-state index in [1.165, 1.54) is 0 Å². The topological polar surface area (TPSA) is 17.1 Å². The molecule has 0 amide bonds. The van der Waals surface area contributed by atoms with Gasteiger partial charge in [0, 0.05) is 5.56 Å². The van der Waals surface area contributed by atoms with Crippen molar-refractivity contribution in [2.45, 2.75) is 11.2 Å². The Morgan fingerprint density at radius 1 is 0.739 bits per heavy atom. The van der Waals surface area contributed by atoms with Crippen molar-refractivity contribution >= 4 is 21.7 Å². The van der Waals surface area contributed by atoms with Crippen LogP contribution in [0.3, 0.4) is 0 Å². The molecule has 0 unspecified atom stereocenters. The Morgan fingerprint density at radius 3 is 1.61 bits per heavy atom. The van der Waals surface area contributed by atoms with Gasteiger partial charge in [-0.25, -0.2) is 0 Å². The molecule has 23 heavy (non-hydrogen) atoms. The highest BCUT2D eigenvalue weighted by atomic mass is 79.9. The van der Waals surface area contributed by atoms with E-state index in [1.807, 2.05) is 91.9 Å². The molecule has 0 spiro atoms. The van der Waals surface area contributed by atoms with Crippen LogP contribution in [0.2, 0.25) is 0 Å². The summed E-state index contributed by atoms with van der Waals surface area (Å²) >= 11 is 3.77. The van der Waals surface area contributed by atoms with Crippen LogP contribution in [-0.4, -0.2) is 5.78 Å². The summed E-state index contributed by atoms with van der Waals surface area (Å²) in [4.78, 5) is 13.3. The predicted molar refractivity (Wildman–Crippen MR) is 98.1 cm³/mol. The van der Waals surface area contributed by atoms with Crippen LogP contribution in [0.15, 0.2) is 84.9 Å². The Balaban J connectivity index is 2.16. The number of rotatable bonds is 4. The monoisotopic (exact) mass is 364 g/mol. The second-order valence-corrected chi connectivity index (χ2v) is 6.78. The van der Waals surface area contributed by atoms with Crippen molar-refractivity contribution in [2.24, 2.45) is 0 Å². The summed E-state index contributed by atoms with van der Waals surface area (Å²) in [5.41, 5.74) is 3.69. The SMILES string of the molecule is Cc1ccc(C(=O)C(Br)(c2ccccc2)c2ccccc2)cc1. The van der Waals surface area contributed by atoms with E-state index in [1.54, 1.807) is 0 Å². The fourth-order valence-electron chi connectivity index (χ4n) is 2.67. The lowest BCUT2D eigenvalue weighted by Crippen LogP contribution is -2.30. The number of hydrogen-bond acceptors (Lipinski definition) is 1. The molecule has 0 bridgehead atoms. The molecule has 0 fully saturated rings. The Kier molecular flexibility index (Phi) is 4.44. The lowest BCUT2D eigenvalue weighted by molar-refractivity contribution is 0.0962. The normalized spacial score (nSPS) is 11.2. The first-order valence-corrected chi connectivity index (χ1v) is 8.33. The summed E-state index contributed by atoms with van der Waals surface area (Å²) in [6, 6.07) is 27.4. The summed E-state index contributed by atoms with van der Waals surface area (Å²) in [7, 11) is 0. The average molecular weight is 365 g/mol. The molecule has 114 valence electrons. The molecule has 0 N–H and O–H groups in total. The van der Waals surface area contributed by atoms with Crippen LogP contribution in [0.5, 0.6) is 0 Å². The first-order valence-electron chi connectivity index (χ1n) is 7.54. The van der Waals surface area contributed by atoms with E-state index in [-0.39, 0.29) is 5.78 Å². The number of ketones is 1. The summed E-state index contributed by atoms with van der Waals surface area (Å²) in [5.74, 6) is 0.0369. The molecule has 2 heteroatoms. The third kappa shape index (κ3) is 2.99. The summed E-state index contributed by atoms with van der Waals surface area (Å²) in [6.45, 7) is 2.02. The van der Waals surface area contributed by atoms with Crippen LogP contribution in [0.4, 0.5) is 0 Å². The molecular formula is C21H17BrO. The van der Waals surface area contributed by atoms with Crippen LogP contribution in [0.1, 0.15) is 27.0 Å². The number of aryl methyl sites for hydroxylation is 1. The highest BCUT2D eigenvalue weighted by molar-refractivity contribution is 9.10. The van der Waals surface area contributed by atoms with Crippen molar-refractivity contribution in [2.75, 3.05) is 0 Å². The number of Topliss-reactive ketones (excluding diaryl/α,β-unsaturated/α-hetero) is 1. The molecule has 0 aliphatic rings. The summed E-state index contributed by atoms with van der Waals surface area (Å²) in [6.07, 6.45) is 0. The van der Waals surface area contributed by atoms with E-state index < -0.39 is 4.32 Å². The molecule has 3 rings (SSSR count). The number of carbonyl (C=O) groups excluding carboxylic acids is 1. The molecule has 0 aromatic heterocycles. The number of carbonyl (C=O) groups is 1. The number of halogens is 1. The molecular weight excluding hydrogens is 348 g/mol. The summed E-state index contributed by atoms with van der Waals surface area (Å²) < 4.78 is -0.884. The predicted octanol–water partition coefficient (Wildman–Crippen LogP) is 5.52. The van der Waals surface area contributed by atoms with Gasteiger partial charge in [0.15, 0.2) is 5.78 Å². The lowest BCUT2D eigenvalue weighted by atomic mass is 9.84. The zero-order valence-corrected chi connectivity index (χ0v) is 14.5. The van der Waals surface area contributed by atoms with Crippen molar-refractivity contribution in [3.63, 3.8) is 0 Å². The van der Waals surface area contributed by atoms with Gasteiger partial charge in [-0.1, -0.05) is 106 Å². The van der Waals surface area contributed by atoms with E-state index in [9.17, 15) is 4.79 Å². The quantitative estimate of drug-likeness (QED) is 0.440. The van der Waals surface area contributed by atoms with Crippen LogP contribution in [-0.2, 0) is 4.32 Å². The van der Waals surface area contributed by atoms with Gasteiger partial charge in [-0.15, -0.1) is 0 Å². The number of hydrogen-bond donors (Lipinski definition) is 0. The van der Waals surface area contributed by atoms with Crippen molar-refractivity contribution in [1.82, 2.24) is 0 Å². The van der Waals surface area contributed by atoms with Gasteiger partial charge < -0.3 is 0 Å². The highest BCUT2D eigenvalue weighted by Crippen LogP contribution is 2.41. The Labute approximate surface area is 145 Å². The molecule has 3 aromatic rings. The van der Waals surface area contributed by atoms with Crippen molar-refractivity contribution < 1.29 is 4.79 Å². The van der Waals surface area contributed by atoms with Gasteiger partial charge in [0.25, 0.3) is 0 Å². The van der Waals surface area contributed by atoms with E-state index in [0.717, 1.165) is 16.7 Å². The van der Waals surface area contributed by atoms with Crippen LogP contribution in [0.25, 0.3) is 0 Å². The Morgan fingerprint density at radius 2 is 1.17 bits per heavy atom. The standard InChI is InChI=1S/C21H17BrO/c1-16-12-14-17(15-13-16)20(23)21(22,18-8-4-2-5-9-18)19-10-6-3-7-11-19/h2-15H,1H3. The van der Waals surface area contributed by atoms with Crippen LogP contribution in [0, 0.1) is 6.92 Å². The fraction of sp³-hybridized carbons (Fsp3) is 0.0952. The molecule has 3 aromatic carbocycles. The second kappa shape index (κ2) is 6.51. The molecule has 0 radical (unpaired) electrons. The number of benzene rings is 3. The summed E-state index contributed by atoms with van der Waals surface area (Å²) in [5, 5.41) is 0. The smallest absolute Gasteiger partial charge is 0.188 e. The highest BCUT2D eigenvalue weighted by Gasteiger charge is 2.39. The molecule has 1 nitrogen and oxygen atoms in total. The van der Waals surface area contributed by atoms with Gasteiger partial charge in [0.2, 0.25) is 0 Å². The maximum Gasteiger partial charge on any atom is 0.188 e. The third-order valence-corrected chi connectivity index (χ3v) is 5.25. The zero-order chi connectivity index (χ0) is 16.3. The minimum Gasteiger partial charge on any atom is -0.292 e. The second-order valence-electron chi connectivity index (χ2n) is 5.59. The van der Waals surface area contributed by atoms with Crippen molar-refractivity contribution in [3.8, 4) is 0 Å². The molecule has 0 saturated carbocycles. The zero-order valence-electron chi connectivity index (χ0n) is 12.9. The van der Waals surface area contributed by atoms with Gasteiger partial charge in [0.1, 0.15) is 4.32 Å². The van der Waals surface area contributed by atoms with Gasteiger partial charge in [-0.2, -0.15) is 0 Å². The largest absolute Gasteiger partial charge is 0.292 e. The minimum absolute atomic E-state index is 0.0369. The van der Waals surface area contributed by atoms with E-state index in [4.69, 9.17) is 0 Å². The van der Waals surface area contributed by atoms with Crippen LogP contribution < -0.4 is 0 Å². The maximum atomic E-state index is 13.3. The maximum absolute atomic E-state index is 13.3. The van der Waals surface area contributed by atoms with Gasteiger partial charge in [-0.05, 0) is 18.1 Å². The molecule has 0 atom stereocenters. The van der Waals surface area contributed by atoms with E-state index in [2.05, 4.69) is 15.9 Å². The first kappa shape index (κ1) is 15.7. The Hall–Kier alpha value is -2.19. The molecule has 0 saturated heterocycles. The van der Waals surface area contributed by atoms with Crippen molar-refractivity contribution in [3.05, 3.63) is 107 Å². The van der Waals surface area contributed by atoms with E-state index in [0.29, 0.717) is 5.56 Å². The van der Waals surface area contributed by atoms with Crippen LogP contribution >= 0.6 is 15.9 Å². The third-order valence-electron chi connectivity index (χ3n) is 3.97. The van der Waals surface area contributed by atoms with Crippen molar-refractivity contribution in [1.29, 1.82) is 0 Å². The average Bonchev–Trinajstić information content (AvgIpc) is 2.62. The van der Waals surface area contributed by atoms with E-state index >= 15 is 0 Å². The minimum atomic E-state index is -0.884. The van der Waals surface area contributed by atoms with Gasteiger partial charge in [-0.3, -0.25) is 4.79 Å². The lowest BCUT2D eigenvalue weighted by Gasteiger charge is -2.27. The molecule has 0 aliphatic heterocycles. The molecule has 0 heterocycles. The molecule has 0 aliphatic carbocycles. The fourth-order valence-corrected chi connectivity index (χ4v) is 3.43. The first-order chi connectivity index (χ1) is 11.1. The number of alkyl halides is 1. The van der Waals surface area contributed by atoms with Gasteiger partial charge >= 0.3 is 0 Å².